The third-order valence-electron chi connectivity index (χ3n) is 10.5. The van der Waals surface area contributed by atoms with Crippen LogP contribution in [0.4, 0.5) is 0 Å². The van der Waals surface area contributed by atoms with Gasteiger partial charge < -0.3 is 13.6 Å². The molecule has 0 unspecified atom stereocenters. The van der Waals surface area contributed by atoms with Crippen molar-refractivity contribution < 1.29 is 4.42 Å². The third-order valence-corrected chi connectivity index (χ3v) is 10.5. The minimum Gasteiger partial charge on any atom is -0.461 e. The van der Waals surface area contributed by atoms with Gasteiger partial charge in [0.05, 0.1) is 39.1 Å². The van der Waals surface area contributed by atoms with E-state index < -0.39 is 0 Å². The van der Waals surface area contributed by atoms with Crippen LogP contribution in [-0.2, 0) is 39.8 Å². The standard InChI is InChI=1S/C39H35N13O/c1-20-18-41-22(3)39-44-31(47-51(20)39)14-16-33-46-36-29(50(33)6)11-9-24-26(19-53-37(24)36)34-21(2)38-43-30(48-52(38)23(4)42-34)13-15-32-45-35-25-8-7-17-40-27(25)10-12-28(35)49(32)5/h7-12,17-19H,13-16H2,1-6H3. The van der Waals surface area contributed by atoms with E-state index in [1.54, 1.807) is 6.26 Å². The molecule has 8 heterocycles. The highest BCUT2D eigenvalue weighted by Crippen LogP contribution is 2.36. The minimum atomic E-state index is 0.640. The molecule has 0 saturated heterocycles. The van der Waals surface area contributed by atoms with Gasteiger partial charge >= 0.3 is 0 Å². The lowest BCUT2D eigenvalue weighted by molar-refractivity contribution is 0.619. The summed E-state index contributed by atoms with van der Waals surface area (Å²) >= 11 is 0. The molecule has 8 aromatic heterocycles. The lowest BCUT2D eigenvalue weighted by atomic mass is 10.1. The Kier molecular flexibility index (Phi) is 6.75. The van der Waals surface area contributed by atoms with Crippen molar-refractivity contribution in [1.82, 2.24) is 63.3 Å². The number of hydrogen-bond acceptors (Lipinski definition) is 10. The predicted molar refractivity (Wildman–Crippen MR) is 201 cm³/mol. The van der Waals surface area contributed by atoms with Gasteiger partial charge in [0.2, 0.25) is 0 Å². The van der Waals surface area contributed by atoms with Gasteiger partial charge in [0.25, 0.3) is 0 Å². The van der Waals surface area contributed by atoms with Crippen molar-refractivity contribution in [1.29, 1.82) is 0 Å². The van der Waals surface area contributed by atoms with Gasteiger partial charge in [-0.2, -0.15) is 9.61 Å². The van der Waals surface area contributed by atoms with Crippen LogP contribution in [0.2, 0.25) is 0 Å². The number of aryl methyl sites for hydroxylation is 10. The van der Waals surface area contributed by atoms with Crippen LogP contribution in [0.1, 0.15) is 46.1 Å². The van der Waals surface area contributed by atoms with Crippen LogP contribution in [0, 0.1) is 27.7 Å². The highest BCUT2D eigenvalue weighted by atomic mass is 16.3. The van der Waals surface area contributed by atoms with E-state index in [1.807, 2.05) is 68.3 Å². The molecule has 0 atom stereocenters. The van der Waals surface area contributed by atoms with Gasteiger partial charge in [-0.3, -0.25) is 9.97 Å². The zero-order valence-electron chi connectivity index (χ0n) is 30.2. The molecule has 0 aliphatic rings. The van der Waals surface area contributed by atoms with E-state index in [0.717, 1.165) is 113 Å². The first kappa shape index (κ1) is 31.2. The van der Waals surface area contributed by atoms with Gasteiger partial charge in [0.15, 0.2) is 28.5 Å². The average molecular weight is 702 g/mol. The molecule has 10 aromatic rings. The van der Waals surface area contributed by atoms with Crippen molar-refractivity contribution in [3.05, 3.63) is 101 Å². The maximum atomic E-state index is 6.27. The van der Waals surface area contributed by atoms with Crippen molar-refractivity contribution in [2.24, 2.45) is 14.1 Å². The first-order chi connectivity index (χ1) is 25.7. The van der Waals surface area contributed by atoms with Gasteiger partial charge in [-0.1, -0.05) is 0 Å². The molecule has 0 saturated carbocycles. The van der Waals surface area contributed by atoms with Crippen LogP contribution in [0.25, 0.3) is 66.5 Å². The molecule has 14 nitrogen and oxygen atoms in total. The summed E-state index contributed by atoms with van der Waals surface area (Å²) in [6, 6.07) is 12.4. The molecule has 0 spiro atoms. The molecule has 0 aliphatic heterocycles. The highest BCUT2D eigenvalue weighted by molar-refractivity contribution is 6.07. The third kappa shape index (κ3) is 4.74. The molecule has 0 aliphatic carbocycles. The smallest absolute Gasteiger partial charge is 0.177 e. The molecule has 10 rings (SSSR count). The maximum absolute atomic E-state index is 6.27. The number of nitrogens with zero attached hydrogens (tertiary/aromatic N) is 13. The maximum Gasteiger partial charge on any atom is 0.177 e. The molecule has 0 N–H and O–H groups in total. The van der Waals surface area contributed by atoms with Gasteiger partial charge in [0, 0.05) is 74.1 Å². The Morgan fingerprint density at radius 3 is 2.13 bits per heavy atom. The Morgan fingerprint density at radius 2 is 1.36 bits per heavy atom. The van der Waals surface area contributed by atoms with E-state index in [0.29, 0.717) is 25.7 Å². The van der Waals surface area contributed by atoms with E-state index >= 15 is 0 Å². The molecule has 0 bridgehead atoms. The summed E-state index contributed by atoms with van der Waals surface area (Å²) in [5, 5.41) is 11.6. The topological polar surface area (TPSA) is 148 Å². The zero-order chi connectivity index (χ0) is 36.1. The van der Waals surface area contributed by atoms with Gasteiger partial charge in [0.1, 0.15) is 29.3 Å². The summed E-state index contributed by atoms with van der Waals surface area (Å²) in [5.74, 6) is 4.17. The van der Waals surface area contributed by atoms with Crippen LogP contribution in [-0.4, -0.2) is 63.3 Å². The number of fused-ring (bicyclic) bond motifs is 8. The molecule has 262 valence electrons. The first-order valence-corrected chi connectivity index (χ1v) is 17.7. The van der Waals surface area contributed by atoms with E-state index in [9.17, 15) is 0 Å². The molecule has 14 heteroatoms. The van der Waals surface area contributed by atoms with Gasteiger partial charge in [-0.25, -0.2) is 29.4 Å². The molecule has 53 heavy (non-hydrogen) atoms. The molecular formula is C39H35N13O. The SMILES string of the molecule is Cc1ncc(C)n2nc(CCc3nc4c5occ(-c6nc(C)n7nc(CCc8nc9c%10cccnc%10ccc9n8C)nc7c6C)c5ccc4n3C)nc12. The van der Waals surface area contributed by atoms with Crippen LogP contribution < -0.4 is 0 Å². The predicted octanol–water partition coefficient (Wildman–Crippen LogP) is 6.10. The number of furan rings is 1. The van der Waals surface area contributed by atoms with Gasteiger partial charge in [-0.05, 0) is 64.1 Å². The van der Waals surface area contributed by atoms with E-state index in [2.05, 4.69) is 50.4 Å². The van der Waals surface area contributed by atoms with Crippen molar-refractivity contribution >= 4 is 55.2 Å². The summed E-state index contributed by atoms with van der Waals surface area (Å²) in [5.41, 5.74) is 11.6. The van der Waals surface area contributed by atoms with Crippen molar-refractivity contribution in [3.63, 3.8) is 0 Å². The Balaban J connectivity index is 0.949. The first-order valence-electron chi connectivity index (χ1n) is 17.7. The number of imidazole rings is 2. The summed E-state index contributed by atoms with van der Waals surface area (Å²) in [4.78, 5) is 33.8. The summed E-state index contributed by atoms with van der Waals surface area (Å²) in [6.45, 7) is 7.94. The molecule has 0 radical (unpaired) electrons. The Morgan fingerprint density at radius 1 is 0.660 bits per heavy atom. The number of rotatable bonds is 7. The lowest BCUT2D eigenvalue weighted by Crippen LogP contribution is -2.03. The van der Waals surface area contributed by atoms with Crippen LogP contribution >= 0.6 is 0 Å². The molecule has 0 amide bonds. The van der Waals surface area contributed by atoms with Crippen molar-refractivity contribution in [2.45, 2.75) is 53.4 Å². The van der Waals surface area contributed by atoms with Crippen LogP contribution in [0.5, 0.6) is 0 Å². The second-order valence-corrected chi connectivity index (χ2v) is 13.8. The number of hydrogen-bond donors (Lipinski definition) is 0. The van der Waals surface area contributed by atoms with Gasteiger partial charge in [-0.15, -0.1) is 5.10 Å². The summed E-state index contributed by atoms with van der Waals surface area (Å²) in [6.07, 6.45) is 8.09. The van der Waals surface area contributed by atoms with Crippen LogP contribution in [0.3, 0.4) is 0 Å². The van der Waals surface area contributed by atoms with E-state index in [4.69, 9.17) is 39.5 Å². The fraction of sp³-hybridized carbons (Fsp3) is 0.256. The zero-order valence-corrected chi connectivity index (χ0v) is 30.2. The number of benzene rings is 2. The Labute approximate surface area is 302 Å². The normalized spacial score (nSPS) is 12.3. The number of aromatic nitrogens is 13. The second-order valence-electron chi connectivity index (χ2n) is 13.8. The average Bonchev–Trinajstić information content (AvgIpc) is 4.00. The monoisotopic (exact) mass is 701 g/mol. The lowest BCUT2D eigenvalue weighted by Gasteiger charge is -2.07. The minimum absolute atomic E-state index is 0.640. The summed E-state index contributed by atoms with van der Waals surface area (Å²) in [7, 11) is 4.10. The molecular weight excluding hydrogens is 667 g/mol. The van der Waals surface area contributed by atoms with E-state index in [-0.39, 0.29) is 0 Å². The fourth-order valence-electron chi connectivity index (χ4n) is 7.56. The number of pyridine rings is 1. The summed E-state index contributed by atoms with van der Waals surface area (Å²) < 4.78 is 14.2. The van der Waals surface area contributed by atoms with Crippen molar-refractivity contribution in [2.75, 3.05) is 0 Å². The largest absolute Gasteiger partial charge is 0.461 e. The molecule has 2 aromatic carbocycles. The van der Waals surface area contributed by atoms with Crippen molar-refractivity contribution in [3.8, 4) is 11.3 Å². The fourth-order valence-corrected chi connectivity index (χ4v) is 7.56. The quantitative estimate of drug-likeness (QED) is 0.191. The Bertz CT molecular complexity index is 3060. The van der Waals surface area contributed by atoms with E-state index in [1.165, 1.54) is 0 Å². The Hall–Kier alpha value is -6.57. The highest BCUT2D eigenvalue weighted by Gasteiger charge is 2.22. The molecule has 0 fully saturated rings. The second kappa shape index (κ2) is 11.5. The van der Waals surface area contributed by atoms with Crippen LogP contribution in [0.15, 0.2) is 59.5 Å².